The van der Waals surface area contributed by atoms with Crippen molar-refractivity contribution in [3.05, 3.63) is 12.8 Å². The first-order valence-electron chi connectivity index (χ1n) is 3.11. The van der Waals surface area contributed by atoms with Crippen molar-refractivity contribution < 1.29 is 4.74 Å². The van der Waals surface area contributed by atoms with E-state index in [1.54, 1.807) is 7.11 Å². The highest BCUT2D eigenvalue weighted by molar-refractivity contribution is 4.89. The highest BCUT2D eigenvalue weighted by Gasteiger charge is 2.11. The van der Waals surface area contributed by atoms with Crippen LogP contribution >= 0.6 is 0 Å². The third-order valence-electron chi connectivity index (χ3n) is 1.50. The van der Waals surface area contributed by atoms with Crippen LogP contribution in [0.4, 0.5) is 0 Å². The SMILES string of the molecule is COC1[CH]CC[CH]C1. The maximum atomic E-state index is 5.10. The monoisotopic (exact) mass is 112 g/mol. The molecule has 8 heavy (non-hydrogen) atoms. The zero-order valence-electron chi connectivity index (χ0n) is 5.26. The minimum absolute atomic E-state index is 0.406. The summed E-state index contributed by atoms with van der Waals surface area (Å²) in [6.45, 7) is 0. The lowest BCUT2D eigenvalue weighted by Crippen LogP contribution is -2.15. The highest BCUT2D eigenvalue weighted by Crippen LogP contribution is 2.17. The molecule has 0 N–H and O–H groups in total. The van der Waals surface area contributed by atoms with Crippen LogP contribution in [-0.4, -0.2) is 13.2 Å². The predicted octanol–water partition coefficient (Wildman–Crippen LogP) is 1.59. The molecule has 1 aliphatic rings. The lowest BCUT2D eigenvalue weighted by Gasteiger charge is -2.18. The molecule has 0 aliphatic heterocycles. The maximum Gasteiger partial charge on any atom is 0.0605 e. The Morgan fingerprint density at radius 2 is 2.38 bits per heavy atom. The molecule has 1 nitrogen and oxygen atoms in total. The molecule has 2 radical (unpaired) electrons. The van der Waals surface area contributed by atoms with Crippen LogP contribution in [-0.2, 0) is 4.74 Å². The first-order valence-corrected chi connectivity index (χ1v) is 3.11. The van der Waals surface area contributed by atoms with E-state index in [1.807, 2.05) is 0 Å². The number of rotatable bonds is 1. The normalized spacial score (nSPS) is 23.6. The quantitative estimate of drug-likeness (QED) is 0.500. The molecule has 0 amide bonds. The van der Waals surface area contributed by atoms with Gasteiger partial charge in [-0.25, -0.2) is 0 Å². The van der Waals surface area contributed by atoms with Crippen LogP contribution < -0.4 is 0 Å². The van der Waals surface area contributed by atoms with Crippen LogP contribution in [0, 0.1) is 12.8 Å². The summed E-state index contributed by atoms with van der Waals surface area (Å²) in [5, 5.41) is 0. The minimum atomic E-state index is 0.406. The van der Waals surface area contributed by atoms with Gasteiger partial charge in [0.05, 0.1) is 6.10 Å². The van der Waals surface area contributed by atoms with E-state index < -0.39 is 0 Å². The summed E-state index contributed by atoms with van der Waals surface area (Å²) < 4.78 is 5.10. The standard InChI is InChI=1S/C7H12O/c1-8-7-5-3-2-4-6-7/h3,6-7H,2,4-5H2,1H3. The molecule has 0 bridgehead atoms. The number of methoxy groups -OCH3 is 1. The van der Waals surface area contributed by atoms with Crippen LogP contribution in [0.1, 0.15) is 19.3 Å². The second-order valence-electron chi connectivity index (χ2n) is 2.11. The van der Waals surface area contributed by atoms with Crippen LogP contribution in [0.2, 0.25) is 0 Å². The van der Waals surface area contributed by atoms with Gasteiger partial charge in [-0.3, -0.25) is 0 Å². The van der Waals surface area contributed by atoms with Gasteiger partial charge in [0.1, 0.15) is 0 Å². The summed E-state index contributed by atoms with van der Waals surface area (Å²) in [6.07, 6.45) is 8.46. The molecule has 1 saturated carbocycles. The Balaban J connectivity index is 2.13. The highest BCUT2D eigenvalue weighted by atomic mass is 16.5. The Labute approximate surface area is 51.0 Å². The Morgan fingerprint density at radius 1 is 1.50 bits per heavy atom. The summed E-state index contributed by atoms with van der Waals surface area (Å²) in [5.41, 5.74) is 0. The molecule has 1 fully saturated rings. The lowest BCUT2D eigenvalue weighted by atomic mass is 9.98. The van der Waals surface area contributed by atoms with Crippen LogP contribution in [0.5, 0.6) is 0 Å². The van der Waals surface area contributed by atoms with Crippen LogP contribution in [0.25, 0.3) is 0 Å². The van der Waals surface area contributed by atoms with E-state index in [0.717, 1.165) is 6.42 Å². The van der Waals surface area contributed by atoms with E-state index in [2.05, 4.69) is 12.8 Å². The van der Waals surface area contributed by atoms with Crippen LogP contribution in [0.15, 0.2) is 0 Å². The molecule has 0 heterocycles. The molecule has 46 valence electrons. The first kappa shape index (κ1) is 6.09. The van der Waals surface area contributed by atoms with Crippen molar-refractivity contribution in [1.82, 2.24) is 0 Å². The molecular weight excluding hydrogens is 100 g/mol. The second-order valence-corrected chi connectivity index (χ2v) is 2.11. The molecule has 1 unspecified atom stereocenters. The largest absolute Gasteiger partial charge is 0.381 e. The van der Waals surface area contributed by atoms with E-state index in [4.69, 9.17) is 4.74 Å². The Morgan fingerprint density at radius 3 is 2.75 bits per heavy atom. The van der Waals surface area contributed by atoms with Crippen molar-refractivity contribution in [2.45, 2.75) is 25.4 Å². The zero-order valence-corrected chi connectivity index (χ0v) is 5.26. The predicted molar refractivity (Wildman–Crippen MR) is 33.2 cm³/mol. The van der Waals surface area contributed by atoms with Gasteiger partial charge in [0.2, 0.25) is 0 Å². The Kier molecular flexibility index (Phi) is 2.34. The van der Waals surface area contributed by atoms with Gasteiger partial charge in [-0.1, -0.05) is 0 Å². The minimum Gasteiger partial charge on any atom is -0.381 e. The van der Waals surface area contributed by atoms with E-state index >= 15 is 0 Å². The van der Waals surface area contributed by atoms with Gasteiger partial charge in [0.25, 0.3) is 0 Å². The van der Waals surface area contributed by atoms with Crippen molar-refractivity contribution in [3.8, 4) is 0 Å². The molecule has 1 rings (SSSR count). The summed E-state index contributed by atoms with van der Waals surface area (Å²) in [5.74, 6) is 0. The number of ether oxygens (including phenoxy) is 1. The van der Waals surface area contributed by atoms with Crippen molar-refractivity contribution >= 4 is 0 Å². The van der Waals surface area contributed by atoms with Gasteiger partial charge in [0.15, 0.2) is 0 Å². The Hall–Kier alpha value is -0.0400. The van der Waals surface area contributed by atoms with Crippen molar-refractivity contribution in [1.29, 1.82) is 0 Å². The third kappa shape index (κ3) is 1.48. The molecule has 1 heteroatoms. The molecule has 0 aromatic heterocycles. The molecule has 0 spiro atoms. The van der Waals surface area contributed by atoms with Crippen molar-refractivity contribution in [3.63, 3.8) is 0 Å². The second kappa shape index (κ2) is 3.08. The number of hydrogen-bond donors (Lipinski definition) is 0. The van der Waals surface area contributed by atoms with E-state index in [1.165, 1.54) is 12.8 Å². The third-order valence-corrected chi connectivity index (χ3v) is 1.50. The summed E-state index contributed by atoms with van der Waals surface area (Å²) in [6, 6.07) is 0. The molecule has 0 saturated heterocycles. The number of hydrogen-bond acceptors (Lipinski definition) is 1. The summed E-state index contributed by atoms with van der Waals surface area (Å²) in [7, 11) is 1.76. The molecular formula is C7H12O. The van der Waals surface area contributed by atoms with Crippen molar-refractivity contribution in [2.75, 3.05) is 7.11 Å². The van der Waals surface area contributed by atoms with Gasteiger partial charge in [0, 0.05) is 7.11 Å². The molecule has 1 aliphatic carbocycles. The molecule has 0 aromatic carbocycles. The zero-order chi connectivity index (χ0) is 5.82. The average molecular weight is 112 g/mol. The topological polar surface area (TPSA) is 9.23 Å². The van der Waals surface area contributed by atoms with E-state index in [-0.39, 0.29) is 0 Å². The average Bonchev–Trinajstić information content (AvgIpc) is 1.90. The Bertz CT molecular complexity index is 55.4. The lowest BCUT2D eigenvalue weighted by molar-refractivity contribution is 0.118. The van der Waals surface area contributed by atoms with Crippen molar-refractivity contribution in [2.24, 2.45) is 0 Å². The fourth-order valence-electron chi connectivity index (χ4n) is 0.971. The maximum absolute atomic E-state index is 5.10. The van der Waals surface area contributed by atoms with Gasteiger partial charge < -0.3 is 4.74 Å². The van der Waals surface area contributed by atoms with Gasteiger partial charge in [-0.05, 0) is 32.1 Å². The summed E-state index contributed by atoms with van der Waals surface area (Å²) >= 11 is 0. The fourth-order valence-corrected chi connectivity index (χ4v) is 0.971. The van der Waals surface area contributed by atoms with Gasteiger partial charge in [-0.2, -0.15) is 0 Å². The van der Waals surface area contributed by atoms with E-state index in [9.17, 15) is 0 Å². The molecule has 0 aromatic rings. The fraction of sp³-hybridized carbons (Fsp3) is 0.714. The first-order chi connectivity index (χ1) is 3.93. The molecule has 1 atom stereocenters. The summed E-state index contributed by atoms with van der Waals surface area (Å²) in [4.78, 5) is 0. The van der Waals surface area contributed by atoms with Gasteiger partial charge >= 0.3 is 0 Å². The smallest absolute Gasteiger partial charge is 0.0605 e. The van der Waals surface area contributed by atoms with Crippen LogP contribution in [0.3, 0.4) is 0 Å². The van der Waals surface area contributed by atoms with E-state index in [0.29, 0.717) is 6.10 Å². The van der Waals surface area contributed by atoms with Gasteiger partial charge in [-0.15, -0.1) is 0 Å².